The zero-order valence-corrected chi connectivity index (χ0v) is 22.9. The first kappa shape index (κ1) is 30.6. The maximum atomic E-state index is 12.7. The first-order valence-corrected chi connectivity index (χ1v) is 11.8. The van der Waals surface area contributed by atoms with Gasteiger partial charge in [0.1, 0.15) is 11.2 Å². The van der Waals surface area contributed by atoms with Crippen LogP contribution in [0.3, 0.4) is 0 Å². The number of amides is 2. The summed E-state index contributed by atoms with van der Waals surface area (Å²) in [5.41, 5.74) is -0.640. The highest BCUT2D eigenvalue weighted by Crippen LogP contribution is 2.29. The van der Waals surface area contributed by atoms with Crippen LogP contribution >= 0.6 is 0 Å². The summed E-state index contributed by atoms with van der Waals surface area (Å²) < 4.78 is 21.1. The van der Waals surface area contributed by atoms with Crippen molar-refractivity contribution in [2.45, 2.75) is 59.2 Å². The molecule has 2 aromatic rings. The SMILES string of the molecule is COc1cc(CC(=O)O)ccc1OC(=O)c1ccc(N=C(NC(=O)OC(C)(C)C)NC(=O)OC(C)(C)C)cc1. The Bertz CT molecular complexity index is 1210. The van der Waals surface area contributed by atoms with E-state index >= 15 is 0 Å². The normalized spacial score (nSPS) is 11.1. The van der Waals surface area contributed by atoms with Crippen LogP contribution in [0.2, 0.25) is 0 Å². The van der Waals surface area contributed by atoms with E-state index in [2.05, 4.69) is 15.6 Å². The molecule has 2 rings (SSSR count). The maximum absolute atomic E-state index is 12.7. The Balaban J connectivity index is 2.22. The number of ether oxygens (including phenoxy) is 4. The molecule has 0 aliphatic rings. The third-order valence-corrected chi connectivity index (χ3v) is 4.37. The third kappa shape index (κ3) is 11.1. The minimum absolute atomic E-state index is 0.115. The summed E-state index contributed by atoms with van der Waals surface area (Å²) >= 11 is 0. The molecule has 0 aliphatic carbocycles. The summed E-state index contributed by atoms with van der Waals surface area (Å²) in [7, 11) is 1.37. The lowest BCUT2D eigenvalue weighted by molar-refractivity contribution is -0.136. The fourth-order valence-corrected chi connectivity index (χ4v) is 2.93. The van der Waals surface area contributed by atoms with Gasteiger partial charge in [-0.2, -0.15) is 0 Å². The quantitative estimate of drug-likeness (QED) is 0.205. The van der Waals surface area contributed by atoms with Gasteiger partial charge in [0.25, 0.3) is 0 Å². The van der Waals surface area contributed by atoms with E-state index in [-0.39, 0.29) is 35.1 Å². The molecule has 12 heteroatoms. The van der Waals surface area contributed by atoms with Crippen molar-refractivity contribution >= 4 is 35.8 Å². The second-order valence-electron chi connectivity index (χ2n) is 10.2. The standard InChI is InChI=1S/C27H33N3O9/c1-26(2,3)38-24(34)29-23(30-25(35)39-27(4,5)6)28-18-11-9-17(10-12-18)22(33)37-19-13-8-16(15-21(31)32)14-20(19)36-7/h8-14H,15H2,1-7H3,(H,31,32)(H2,28,29,30,34,35). The van der Waals surface area contributed by atoms with Crippen LogP contribution in [0.1, 0.15) is 57.5 Å². The number of hydrogen-bond acceptors (Lipinski definition) is 9. The Morgan fingerprint density at radius 2 is 1.36 bits per heavy atom. The Morgan fingerprint density at radius 1 is 0.821 bits per heavy atom. The molecule has 2 aromatic carbocycles. The number of carboxylic acids is 1. The smallest absolute Gasteiger partial charge is 0.414 e. The molecule has 210 valence electrons. The molecule has 2 amide bonds. The molecule has 0 aromatic heterocycles. The highest BCUT2D eigenvalue weighted by Gasteiger charge is 2.21. The molecule has 0 heterocycles. The summed E-state index contributed by atoms with van der Waals surface area (Å²) in [6.07, 6.45) is -1.90. The molecule has 0 radical (unpaired) electrons. The lowest BCUT2D eigenvalue weighted by Crippen LogP contribution is -2.47. The summed E-state index contributed by atoms with van der Waals surface area (Å²) in [5, 5.41) is 13.7. The number of carbonyl (C=O) groups excluding carboxylic acids is 3. The van der Waals surface area contributed by atoms with Crippen molar-refractivity contribution in [3.63, 3.8) is 0 Å². The van der Waals surface area contributed by atoms with Gasteiger partial charge in [-0.05, 0) is 83.5 Å². The van der Waals surface area contributed by atoms with Gasteiger partial charge in [-0.1, -0.05) is 6.07 Å². The largest absolute Gasteiger partial charge is 0.493 e. The number of carboxylic acid groups (broad SMARTS) is 1. The second-order valence-corrected chi connectivity index (χ2v) is 10.2. The number of carbonyl (C=O) groups is 4. The first-order chi connectivity index (χ1) is 18.0. The van der Waals surface area contributed by atoms with E-state index in [1.165, 1.54) is 49.6 Å². The molecule has 0 atom stereocenters. The van der Waals surface area contributed by atoms with Gasteiger partial charge in [0.05, 0.1) is 24.8 Å². The summed E-state index contributed by atoms with van der Waals surface area (Å²) in [4.78, 5) is 52.4. The molecular formula is C27H33N3O9. The topological polar surface area (TPSA) is 162 Å². The predicted molar refractivity (Wildman–Crippen MR) is 142 cm³/mol. The van der Waals surface area contributed by atoms with Crippen molar-refractivity contribution in [1.29, 1.82) is 0 Å². The molecule has 0 aliphatic heterocycles. The van der Waals surface area contributed by atoms with Gasteiger partial charge >= 0.3 is 24.1 Å². The van der Waals surface area contributed by atoms with E-state index in [0.29, 0.717) is 5.56 Å². The Kier molecular flexibility index (Phi) is 10.0. The van der Waals surface area contributed by atoms with Gasteiger partial charge in [-0.25, -0.2) is 19.4 Å². The molecule has 0 unspecified atom stereocenters. The average Bonchev–Trinajstić information content (AvgIpc) is 2.77. The molecule has 0 fully saturated rings. The van der Waals surface area contributed by atoms with Crippen LogP contribution in [0, 0.1) is 0 Å². The second kappa shape index (κ2) is 12.8. The number of nitrogens with one attached hydrogen (secondary N) is 2. The van der Waals surface area contributed by atoms with Crippen LogP contribution < -0.4 is 20.1 Å². The van der Waals surface area contributed by atoms with Gasteiger partial charge in [0.2, 0.25) is 5.96 Å². The average molecular weight is 544 g/mol. The van der Waals surface area contributed by atoms with Gasteiger partial charge < -0.3 is 24.1 Å². The van der Waals surface area contributed by atoms with E-state index in [4.69, 9.17) is 24.1 Å². The lowest BCUT2D eigenvalue weighted by atomic mass is 10.1. The van der Waals surface area contributed by atoms with E-state index in [0.717, 1.165) is 0 Å². The zero-order chi connectivity index (χ0) is 29.4. The molecule has 0 spiro atoms. The van der Waals surface area contributed by atoms with E-state index in [1.54, 1.807) is 41.5 Å². The summed E-state index contributed by atoms with van der Waals surface area (Å²) in [6, 6.07) is 10.3. The van der Waals surface area contributed by atoms with Crippen molar-refractivity contribution in [2.75, 3.05) is 7.11 Å². The van der Waals surface area contributed by atoms with Crippen molar-refractivity contribution < 1.29 is 43.2 Å². The number of aliphatic carboxylic acids is 1. The van der Waals surface area contributed by atoms with E-state index in [9.17, 15) is 19.2 Å². The molecule has 0 bridgehead atoms. The number of benzene rings is 2. The number of rotatable bonds is 6. The van der Waals surface area contributed by atoms with Crippen LogP contribution in [-0.2, 0) is 20.7 Å². The monoisotopic (exact) mass is 543 g/mol. The van der Waals surface area contributed by atoms with Crippen molar-refractivity contribution in [3.8, 4) is 11.5 Å². The summed E-state index contributed by atoms with van der Waals surface area (Å²) in [5.74, 6) is -1.64. The number of aliphatic imine (C=N–C) groups is 1. The Hall–Kier alpha value is -4.61. The van der Waals surface area contributed by atoms with Crippen LogP contribution in [-0.4, -0.2) is 53.5 Å². The van der Waals surface area contributed by atoms with Crippen molar-refractivity contribution in [3.05, 3.63) is 53.6 Å². The molecule has 39 heavy (non-hydrogen) atoms. The minimum atomic E-state index is -1.00. The van der Waals surface area contributed by atoms with Gasteiger partial charge in [0.15, 0.2) is 11.5 Å². The van der Waals surface area contributed by atoms with Gasteiger partial charge in [-0.3, -0.25) is 15.4 Å². The van der Waals surface area contributed by atoms with Crippen molar-refractivity contribution in [1.82, 2.24) is 10.6 Å². The van der Waals surface area contributed by atoms with Gasteiger partial charge in [0, 0.05) is 0 Å². The van der Waals surface area contributed by atoms with Crippen LogP contribution in [0.5, 0.6) is 11.5 Å². The number of nitrogens with zero attached hydrogens (tertiary/aromatic N) is 1. The molecule has 3 N–H and O–H groups in total. The molecule has 0 saturated carbocycles. The molecule has 12 nitrogen and oxygen atoms in total. The van der Waals surface area contributed by atoms with Crippen molar-refractivity contribution in [2.24, 2.45) is 4.99 Å². The minimum Gasteiger partial charge on any atom is -0.493 e. The van der Waals surface area contributed by atoms with Gasteiger partial charge in [-0.15, -0.1) is 0 Å². The molecular weight excluding hydrogens is 510 g/mol. The number of esters is 1. The van der Waals surface area contributed by atoms with E-state index < -0.39 is 35.3 Å². The van der Waals surface area contributed by atoms with Crippen LogP contribution in [0.4, 0.5) is 15.3 Å². The molecule has 0 saturated heterocycles. The predicted octanol–water partition coefficient (Wildman–Crippen LogP) is 4.58. The summed E-state index contributed by atoms with van der Waals surface area (Å²) in [6.45, 7) is 10.1. The highest BCUT2D eigenvalue weighted by molar-refractivity contribution is 6.02. The number of methoxy groups -OCH3 is 1. The third-order valence-electron chi connectivity index (χ3n) is 4.37. The Morgan fingerprint density at radius 3 is 1.82 bits per heavy atom. The highest BCUT2D eigenvalue weighted by atomic mass is 16.6. The Labute approximate surface area is 226 Å². The van der Waals surface area contributed by atoms with Crippen LogP contribution in [0.15, 0.2) is 47.5 Å². The fraction of sp³-hybridized carbons (Fsp3) is 0.370. The number of alkyl carbamates (subject to hydrolysis) is 2. The van der Waals surface area contributed by atoms with Crippen LogP contribution in [0.25, 0.3) is 0 Å². The zero-order valence-electron chi connectivity index (χ0n) is 22.9. The number of guanidine groups is 1. The fourth-order valence-electron chi connectivity index (χ4n) is 2.93. The maximum Gasteiger partial charge on any atom is 0.414 e. The lowest BCUT2D eigenvalue weighted by Gasteiger charge is -2.22. The van der Waals surface area contributed by atoms with E-state index in [1.807, 2.05) is 0 Å². The first-order valence-electron chi connectivity index (χ1n) is 11.8. The number of hydrogen-bond donors (Lipinski definition) is 3.